The molecule has 0 spiro atoms. The molecule has 2 aromatic heterocycles. The summed E-state index contributed by atoms with van der Waals surface area (Å²) in [4.78, 5) is 36.9. The van der Waals surface area contributed by atoms with Crippen LogP contribution in [-0.4, -0.2) is 63.5 Å². The molecule has 2 amide bonds. The van der Waals surface area contributed by atoms with Crippen molar-refractivity contribution in [1.82, 2.24) is 19.8 Å². The van der Waals surface area contributed by atoms with Crippen LogP contribution in [0.15, 0.2) is 58.4 Å². The van der Waals surface area contributed by atoms with Gasteiger partial charge in [-0.25, -0.2) is 9.97 Å². The van der Waals surface area contributed by atoms with Gasteiger partial charge in [0, 0.05) is 31.6 Å². The number of carbonyl (C=O) groups is 2. The highest BCUT2D eigenvalue weighted by atomic mass is 32.2. The van der Waals surface area contributed by atoms with Gasteiger partial charge in [0.2, 0.25) is 5.91 Å². The van der Waals surface area contributed by atoms with Gasteiger partial charge in [-0.3, -0.25) is 9.59 Å². The number of para-hydroxylation sites is 1. The Bertz CT molecular complexity index is 947. The van der Waals surface area contributed by atoms with E-state index in [-0.39, 0.29) is 11.8 Å². The van der Waals surface area contributed by atoms with Gasteiger partial charge in [0.05, 0.1) is 17.5 Å². The third kappa shape index (κ3) is 3.80. The number of hydrogen-bond donors (Lipinski definition) is 0. The lowest BCUT2D eigenvalue weighted by molar-refractivity contribution is -0.129. The van der Waals surface area contributed by atoms with E-state index in [0.29, 0.717) is 37.7 Å². The third-order valence-electron chi connectivity index (χ3n) is 4.49. The minimum absolute atomic E-state index is 0.0489. The highest BCUT2D eigenvalue weighted by Gasteiger charge is 2.26. The van der Waals surface area contributed by atoms with Crippen LogP contribution >= 0.6 is 11.8 Å². The van der Waals surface area contributed by atoms with Gasteiger partial charge < -0.3 is 14.2 Å². The molecule has 0 bridgehead atoms. The van der Waals surface area contributed by atoms with Crippen molar-refractivity contribution in [3.8, 4) is 0 Å². The van der Waals surface area contributed by atoms with Crippen molar-refractivity contribution in [2.45, 2.75) is 5.03 Å². The largest absolute Gasteiger partial charge is 0.459 e. The summed E-state index contributed by atoms with van der Waals surface area (Å²) in [5.41, 5.74) is 0.868. The van der Waals surface area contributed by atoms with Crippen LogP contribution in [0.3, 0.4) is 0 Å². The Morgan fingerprint density at radius 2 is 1.78 bits per heavy atom. The number of aromatic nitrogens is 2. The van der Waals surface area contributed by atoms with Crippen molar-refractivity contribution < 1.29 is 14.0 Å². The molecule has 4 rings (SSSR count). The van der Waals surface area contributed by atoms with E-state index in [1.165, 1.54) is 24.4 Å². The lowest BCUT2D eigenvalue weighted by Gasteiger charge is -2.34. The van der Waals surface area contributed by atoms with Gasteiger partial charge in [0.15, 0.2) is 5.76 Å². The van der Waals surface area contributed by atoms with Gasteiger partial charge in [-0.1, -0.05) is 30.0 Å². The van der Waals surface area contributed by atoms with Crippen molar-refractivity contribution in [2.75, 3.05) is 31.9 Å². The molecule has 0 atom stereocenters. The molecule has 1 aliphatic heterocycles. The minimum atomic E-state index is -0.131. The van der Waals surface area contributed by atoms with Gasteiger partial charge >= 0.3 is 0 Å². The fourth-order valence-electron chi connectivity index (χ4n) is 3.03. The SMILES string of the molecule is O=C(CSc1ncnc2ccccc12)N1CCN(C(=O)c2ccco2)CC1. The first-order valence-corrected chi connectivity index (χ1v) is 9.64. The fourth-order valence-corrected chi connectivity index (χ4v) is 3.92. The summed E-state index contributed by atoms with van der Waals surface area (Å²) in [5, 5.41) is 1.76. The van der Waals surface area contributed by atoms with E-state index in [4.69, 9.17) is 4.42 Å². The molecule has 3 aromatic rings. The Kier molecular flexibility index (Phi) is 5.06. The van der Waals surface area contributed by atoms with Crippen LogP contribution in [0.1, 0.15) is 10.6 Å². The monoisotopic (exact) mass is 382 g/mol. The van der Waals surface area contributed by atoms with Gasteiger partial charge in [-0.15, -0.1) is 0 Å². The molecular weight excluding hydrogens is 364 g/mol. The molecule has 0 aliphatic carbocycles. The van der Waals surface area contributed by atoms with Crippen LogP contribution in [0.25, 0.3) is 10.9 Å². The number of nitrogens with zero attached hydrogens (tertiary/aromatic N) is 4. The van der Waals surface area contributed by atoms with Crippen molar-refractivity contribution in [2.24, 2.45) is 0 Å². The normalized spacial score (nSPS) is 14.5. The Labute approximate surface area is 160 Å². The van der Waals surface area contributed by atoms with Crippen LogP contribution in [-0.2, 0) is 4.79 Å². The Balaban J connectivity index is 1.33. The highest BCUT2D eigenvalue weighted by Crippen LogP contribution is 2.24. The second-order valence-electron chi connectivity index (χ2n) is 6.13. The Morgan fingerprint density at radius 1 is 1.00 bits per heavy atom. The number of amides is 2. The summed E-state index contributed by atoms with van der Waals surface area (Å²) in [5.74, 6) is 0.565. The van der Waals surface area contributed by atoms with Crippen LogP contribution in [0.5, 0.6) is 0 Å². The van der Waals surface area contributed by atoms with E-state index in [1.54, 1.807) is 21.9 Å². The summed E-state index contributed by atoms with van der Waals surface area (Å²) < 4.78 is 5.16. The molecule has 27 heavy (non-hydrogen) atoms. The average molecular weight is 382 g/mol. The molecule has 138 valence electrons. The van der Waals surface area contributed by atoms with E-state index in [9.17, 15) is 9.59 Å². The fraction of sp³-hybridized carbons (Fsp3) is 0.263. The second kappa shape index (κ2) is 7.79. The maximum absolute atomic E-state index is 12.6. The second-order valence-corrected chi connectivity index (χ2v) is 7.10. The van der Waals surface area contributed by atoms with E-state index in [2.05, 4.69) is 9.97 Å². The van der Waals surface area contributed by atoms with Crippen LogP contribution in [0, 0.1) is 0 Å². The molecule has 3 heterocycles. The molecule has 8 heteroatoms. The first-order valence-electron chi connectivity index (χ1n) is 8.65. The number of hydrogen-bond acceptors (Lipinski definition) is 6. The van der Waals surface area contributed by atoms with Gasteiger partial charge in [0.25, 0.3) is 5.91 Å². The molecule has 1 aromatic carbocycles. The molecule has 1 fully saturated rings. The quantitative estimate of drug-likeness (QED) is 0.509. The maximum Gasteiger partial charge on any atom is 0.289 e. The maximum atomic E-state index is 12.6. The predicted molar refractivity (Wildman–Crippen MR) is 101 cm³/mol. The van der Waals surface area contributed by atoms with Gasteiger partial charge in [-0.2, -0.15) is 0 Å². The number of benzene rings is 1. The first-order chi connectivity index (χ1) is 13.2. The topological polar surface area (TPSA) is 79.5 Å². The van der Waals surface area contributed by atoms with E-state index < -0.39 is 0 Å². The molecule has 1 saturated heterocycles. The summed E-state index contributed by atoms with van der Waals surface area (Å²) in [6, 6.07) is 11.1. The third-order valence-corrected chi connectivity index (χ3v) is 5.48. The molecule has 0 radical (unpaired) electrons. The standard InChI is InChI=1S/C19H18N4O3S/c24-17(12-27-18-14-4-1-2-5-15(14)20-13-21-18)22-7-9-23(10-8-22)19(25)16-6-3-11-26-16/h1-6,11,13H,7-10,12H2. The zero-order valence-corrected chi connectivity index (χ0v) is 15.4. The van der Waals surface area contributed by atoms with Gasteiger partial charge in [0.1, 0.15) is 11.4 Å². The Morgan fingerprint density at radius 3 is 2.56 bits per heavy atom. The summed E-state index contributed by atoms with van der Waals surface area (Å²) >= 11 is 1.42. The van der Waals surface area contributed by atoms with Crippen molar-refractivity contribution in [3.63, 3.8) is 0 Å². The lowest BCUT2D eigenvalue weighted by Crippen LogP contribution is -2.51. The van der Waals surface area contributed by atoms with Crippen molar-refractivity contribution in [3.05, 3.63) is 54.7 Å². The van der Waals surface area contributed by atoms with Crippen LogP contribution in [0.4, 0.5) is 0 Å². The van der Waals surface area contributed by atoms with Crippen LogP contribution < -0.4 is 0 Å². The lowest BCUT2D eigenvalue weighted by atomic mass is 10.2. The van der Waals surface area contributed by atoms with Gasteiger partial charge in [-0.05, 0) is 18.2 Å². The number of thioether (sulfide) groups is 1. The van der Waals surface area contributed by atoms with E-state index >= 15 is 0 Å². The van der Waals surface area contributed by atoms with Crippen molar-refractivity contribution >= 4 is 34.5 Å². The highest BCUT2D eigenvalue weighted by molar-refractivity contribution is 8.00. The zero-order chi connectivity index (χ0) is 18.6. The summed E-state index contributed by atoms with van der Waals surface area (Å²) in [7, 11) is 0. The first kappa shape index (κ1) is 17.5. The molecule has 1 aliphatic rings. The summed E-state index contributed by atoms with van der Waals surface area (Å²) in [6.45, 7) is 2.06. The average Bonchev–Trinajstić information content (AvgIpc) is 3.26. The zero-order valence-electron chi connectivity index (χ0n) is 14.6. The van der Waals surface area contributed by atoms with E-state index in [1.807, 2.05) is 24.3 Å². The number of furan rings is 1. The predicted octanol–water partition coefficient (Wildman–Crippen LogP) is 2.30. The number of fused-ring (bicyclic) bond motifs is 1. The minimum Gasteiger partial charge on any atom is -0.459 e. The molecule has 0 saturated carbocycles. The summed E-state index contributed by atoms with van der Waals surface area (Å²) in [6.07, 6.45) is 3.01. The van der Waals surface area contributed by atoms with E-state index in [0.717, 1.165) is 15.9 Å². The number of carbonyl (C=O) groups excluding carboxylic acids is 2. The molecule has 0 N–H and O–H groups in total. The van der Waals surface area contributed by atoms with Crippen molar-refractivity contribution in [1.29, 1.82) is 0 Å². The molecule has 7 nitrogen and oxygen atoms in total. The smallest absolute Gasteiger partial charge is 0.289 e. The Hall–Kier alpha value is -2.87. The molecule has 0 unspecified atom stereocenters. The number of rotatable bonds is 4. The number of piperazine rings is 1. The van der Waals surface area contributed by atoms with Crippen LogP contribution in [0.2, 0.25) is 0 Å². The molecular formula is C19H18N4O3S.